The Bertz CT molecular complexity index is 1000. The number of nitrogens with zero attached hydrogens (tertiary/aromatic N) is 1. The highest BCUT2D eigenvalue weighted by Crippen LogP contribution is 2.43. The van der Waals surface area contributed by atoms with E-state index < -0.39 is 26.5 Å². The molecule has 10 heteroatoms. The molecule has 0 aliphatic carbocycles. The van der Waals surface area contributed by atoms with Gasteiger partial charge in [-0.05, 0) is 38.5 Å². The van der Waals surface area contributed by atoms with Gasteiger partial charge in [0.1, 0.15) is 19.8 Å². The standard InChI is InChI=1S/C48H94NO8P/c1-6-8-10-12-14-16-18-20-22-24-26-28-30-32-34-36-38-40-47(50)54-44-46(45-56-58(52,53)55-43-42-49(3,4)5)57-48(51)41-39-37-35-33-31-29-27-25-23-21-19-17-15-13-11-9-7-2/h21,23,46H,6-20,22,24-45H2,1-5H3/p+1/b23-21-/t46-/m1/s1. The minimum absolute atomic E-state index is 0.0342. The van der Waals surface area contributed by atoms with Gasteiger partial charge in [0.05, 0.1) is 27.7 Å². The summed E-state index contributed by atoms with van der Waals surface area (Å²) in [7, 11) is 1.49. The minimum Gasteiger partial charge on any atom is -0.462 e. The Morgan fingerprint density at radius 2 is 0.879 bits per heavy atom. The van der Waals surface area contributed by atoms with Crippen LogP contribution in [-0.2, 0) is 32.7 Å². The second kappa shape index (κ2) is 41.1. The number of allylic oxidation sites excluding steroid dienone is 2. The molecule has 0 heterocycles. The first-order chi connectivity index (χ1) is 28.0. The van der Waals surface area contributed by atoms with Crippen molar-refractivity contribution in [2.45, 2.75) is 238 Å². The van der Waals surface area contributed by atoms with Crippen LogP contribution < -0.4 is 0 Å². The van der Waals surface area contributed by atoms with Crippen LogP contribution in [0.5, 0.6) is 0 Å². The van der Waals surface area contributed by atoms with Gasteiger partial charge in [-0.2, -0.15) is 0 Å². The summed E-state index contributed by atoms with van der Waals surface area (Å²) < 4.78 is 34.4. The van der Waals surface area contributed by atoms with Crippen LogP contribution in [0, 0.1) is 0 Å². The van der Waals surface area contributed by atoms with Gasteiger partial charge < -0.3 is 18.9 Å². The number of ether oxygens (including phenoxy) is 2. The summed E-state index contributed by atoms with van der Waals surface area (Å²) in [6.45, 7) is 4.45. The van der Waals surface area contributed by atoms with Gasteiger partial charge in [-0.25, -0.2) is 4.57 Å². The van der Waals surface area contributed by atoms with Gasteiger partial charge in [0.15, 0.2) is 6.10 Å². The number of phosphoric acid groups is 1. The van der Waals surface area contributed by atoms with E-state index in [1.165, 1.54) is 154 Å². The van der Waals surface area contributed by atoms with Crippen LogP contribution in [-0.4, -0.2) is 74.9 Å². The smallest absolute Gasteiger partial charge is 0.462 e. The zero-order chi connectivity index (χ0) is 42.8. The summed E-state index contributed by atoms with van der Waals surface area (Å²) in [5.74, 6) is -0.790. The largest absolute Gasteiger partial charge is 0.472 e. The van der Waals surface area contributed by atoms with E-state index in [-0.39, 0.29) is 25.6 Å². The third-order valence-corrected chi connectivity index (χ3v) is 11.8. The Morgan fingerprint density at radius 1 is 0.517 bits per heavy atom. The summed E-state index contributed by atoms with van der Waals surface area (Å²) in [4.78, 5) is 35.5. The summed E-state index contributed by atoms with van der Waals surface area (Å²) in [6, 6.07) is 0. The molecule has 0 radical (unpaired) electrons. The number of hydrogen-bond acceptors (Lipinski definition) is 7. The van der Waals surface area contributed by atoms with E-state index in [4.69, 9.17) is 18.5 Å². The molecule has 0 saturated heterocycles. The maximum absolute atomic E-state index is 12.7. The van der Waals surface area contributed by atoms with Crippen molar-refractivity contribution >= 4 is 19.8 Å². The number of carbonyl (C=O) groups excluding carboxylic acids is 2. The molecule has 0 rings (SSSR count). The number of carbonyl (C=O) groups is 2. The maximum atomic E-state index is 12.7. The molecule has 58 heavy (non-hydrogen) atoms. The number of unbranched alkanes of at least 4 members (excludes halogenated alkanes) is 29. The second-order valence-electron chi connectivity index (χ2n) is 17.9. The molecule has 344 valence electrons. The van der Waals surface area contributed by atoms with Crippen molar-refractivity contribution in [3.05, 3.63) is 12.2 Å². The average molecular weight is 845 g/mol. The monoisotopic (exact) mass is 845 g/mol. The quantitative estimate of drug-likeness (QED) is 0.0212. The fourth-order valence-corrected chi connectivity index (χ4v) is 7.69. The summed E-state index contributed by atoms with van der Waals surface area (Å²) in [6.07, 6.45) is 43.9. The van der Waals surface area contributed by atoms with Crippen LogP contribution in [0.4, 0.5) is 0 Å². The van der Waals surface area contributed by atoms with Crippen LogP contribution in [0.3, 0.4) is 0 Å². The predicted molar refractivity (Wildman–Crippen MR) is 243 cm³/mol. The Morgan fingerprint density at radius 3 is 1.28 bits per heavy atom. The molecular formula is C48H95NO8P+. The highest BCUT2D eigenvalue weighted by atomic mass is 31.2. The lowest BCUT2D eigenvalue weighted by molar-refractivity contribution is -0.870. The number of esters is 2. The van der Waals surface area contributed by atoms with Gasteiger partial charge in [0, 0.05) is 12.8 Å². The SMILES string of the molecule is CCCCCCCC/C=C\CCCCCCCCCC(=O)O[C@H](COC(=O)CCCCCCCCCCCCCCCCCCC)COP(=O)(O)OCC[N+](C)(C)C. The fourth-order valence-electron chi connectivity index (χ4n) is 6.95. The summed E-state index contributed by atoms with van der Waals surface area (Å²) in [5, 5.41) is 0. The lowest BCUT2D eigenvalue weighted by Gasteiger charge is -2.24. The van der Waals surface area contributed by atoms with E-state index in [9.17, 15) is 19.0 Å². The average Bonchev–Trinajstić information content (AvgIpc) is 3.17. The predicted octanol–water partition coefficient (Wildman–Crippen LogP) is 14.1. The molecule has 0 aromatic rings. The second-order valence-corrected chi connectivity index (χ2v) is 19.3. The van der Waals surface area contributed by atoms with E-state index >= 15 is 0 Å². The number of likely N-dealkylation sites (N-methyl/N-ethyl adjacent to an activating group) is 1. The first-order valence-corrected chi connectivity index (χ1v) is 25.9. The lowest BCUT2D eigenvalue weighted by Crippen LogP contribution is -2.37. The van der Waals surface area contributed by atoms with E-state index in [1.54, 1.807) is 0 Å². The minimum atomic E-state index is -4.37. The number of hydrogen-bond donors (Lipinski definition) is 1. The molecule has 0 aromatic carbocycles. The number of phosphoric ester groups is 1. The third kappa shape index (κ3) is 44.3. The van der Waals surface area contributed by atoms with Crippen molar-refractivity contribution in [2.24, 2.45) is 0 Å². The molecule has 0 bridgehead atoms. The lowest BCUT2D eigenvalue weighted by atomic mass is 10.0. The highest BCUT2D eigenvalue weighted by Gasteiger charge is 2.27. The number of quaternary nitrogens is 1. The molecule has 0 aromatic heterocycles. The molecule has 1 N–H and O–H groups in total. The van der Waals surface area contributed by atoms with Gasteiger partial charge >= 0.3 is 19.8 Å². The third-order valence-electron chi connectivity index (χ3n) is 10.8. The molecular weight excluding hydrogens is 750 g/mol. The Kier molecular flexibility index (Phi) is 40.2. The summed E-state index contributed by atoms with van der Waals surface area (Å²) in [5.41, 5.74) is 0. The molecule has 0 spiro atoms. The molecule has 9 nitrogen and oxygen atoms in total. The van der Waals surface area contributed by atoms with Crippen molar-refractivity contribution in [1.82, 2.24) is 0 Å². The van der Waals surface area contributed by atoms with Crippen molar-refractivity contribution in [3.8, 4) is 0 Å². The molecule has 2 atom stereocenters. The Labute approximate surface area is 358 Å². The van der Waals surface area contributed by atoms with Crippen molar-refractivity contribution in [2.75, 3.05) is 47.5 Å². The molecule has 0 aliphatic heterocycles. The van der Waals surface area contributed by atoms with E-state index in [1.807, 2.05) is 21.1 Å². The first-order valence-electron chi connectivity index (χ1n) is 24.4. The van der Waals surface area contributed by atoms with E-state index in [0.717, 1.165) is 44.9 Å². The van der Waals surface area contributed by atoms with Gasteiger partial charge in [0.25, 0.3) is 0 Å². The fraction of sp³-hybridized carbons (Fsp3) is 0.917. The van der Waals surface area contributed by atoms with Gasteiger partial charge in [-0.15, -0.1) is 0 Å². The zero-order valence-corrected chi connectivity index (χ0v) is 39.7. The van der Waals surface area contributed by atoms with Crippen LogP contribution in [0.15, 0.2) is 12.2 Å². The normalized spacial score (nSPS) is 13.6. The van der Waals surface area contributed by atoms with Crippen LogP contribution >= 0.6 is 7.82 Å². The van der Waals surface area contributed by atoms with E-state index in [2.05, 4.69) is 26.0 Å². The van der Waals surface area contributed by atoms with Crippen molar-refractivity contribution < 1.29 is 42.1 Å². The Balaban J connectivity index is 4.27. The topological polar surface area (TPSA) is 108 Å². The van der Waals surface area contributed by atoms with Crippen LogP contribution in [0.2, 0.25) is 0 Å². The Hall–Kier alpha value is -1.25. The van der Waals surface area contributed by atoms with Crippen LogP contribution in [0.1, 0.15) is 232 Å². The molecule has 0 fully saturated rings. The van der Waals surface area contributed by atoms with Gasteiger partial charge in [-0.1, -0.05) is 193 Å². The maximum Gasteiger partial charge on any atom is 0.472 e. The molecule has 1 unspecified atom stereocenters. The van der Waals surface area contributed by atoms with Gasteiger partial charge in [-0.3, -0.25) is 18.6 Å². The van der Waals surface area contributed by atoms with E-state index in [0.29, 0.717) is 23.9 Å². The van der Waals surface area contributed by atoms with Gasteiger partial charge in [0.2, 0.25) is 0 Å². The molecule has 0 amide bonds. The highest BCUT2D eigenvalue weighted by molar-refractivity contribution is 7.47. The molecule has 0 saturated carbocycles. The van der Waals surface area contributed by atoms with Crippen molar-refractivity contribution in [1.29, 1.82) is 0 Å². The van der Waals surface area contributed by atoms with Crippen molar-refractivity contribution in [3.63, 3.8) is 0 Å². The molecule has 0 aliphatic rings. The first kappa shape index (κ1) is 56.8. The number of rotatable bonds is 45. The van der Waals surface area contributed by atoms with Crippen LogP contribution in [0.25, 0.3) is 0 Å². The zero-order valence-electron chi connectivity index (χ0n) is 38.8. The summed E-state index contributed by atoms with van der Waals surface area (Å²) >= 11 is 0.